The molecule has 5 nitrogen and oxygen atoms in total. The molecule has 1 aliphatic carbocycles. The molecule has 1 amide bonds. The molecule has 3 rings (SSSR count). The predicted molar refractivity (Wildman–Crippen MR) is 101 cm³/mol. The lowest BCUT2D eigenvalue weighted by Gasteiger charge is -2.13. The average Bonchev–Trinajstić information content (AvgIpc) is 3.12. The van der Waals surface area contributed by atoms with Crippen molar-refractivity contribution < 1.29 is 14.3 Å². The summed E-state index contributed by atoms with van der Waals surface area (Å²) in [5, 5.41) is 3.69. The fourth-order valence-corrected chi connectivity index (χ4v) is 3.25. The van der Waals surface area contributed by atoms with Crippen LogP contribution < -0.4 is 14.8 Å². The lowest BCUT2D eigenvalue weighted by molar-refractivity contribution is -0.123. The minimum Gasteiger partial charge on any atom is -0.482 e. The van der Waals surface area contributed by atoms with Crippen molar-refractivity contribution in [3.63, 3.8) is 0 Å². The number of amides is 1. The molecule has 0 atom stereocenters. The Balaban J connectivity index is 1.46. The van der Waals surface area contributed by atoms with Crippen LogP contribution in [-0.4, -0.2) is 23.6 Å². The average molecular weight is 395 g/mol. The van der Waals surface area contributed by atoms with Gasteiger partial charge in [0.2, 0.25) is 5.88 Å². The maximum atomic E-state index is 12.0. The lowest BCUT2D eigenvalue weighted by Crippen LogP contribution is -2.28. The highest BCUT2D eigenvalue weighted by Crippen LogP contribution is 2.27. The van der Waals surface area contributed by atoms with Crippen LogP contribution in [0.15, 0.2) is 36.5 Å². The van der Waals surface area contributed by atoms with Gasteiger partial charge >= 0.3 is 0 Å². The van der Waals surface area contributed by atoms with Crippen molar-refractivity contribution in [3.05, 3.63) is 52.1 Å². The van der Waals surface area contributed by atoms with Crippen molar-refractivity contribution in [1.82, 2.24) is 10.3 Å². The molecule has 1 aliphatic rings. The molecule has 0 spiro atoms. The Morgan fingerprint density at radius 2 is 2.00 bits per heavy atom. The summed E-state index contributed by atoms with van der Waals surface area (Å²) < 4.78 is 11.3. The third-order valence-electron chi connectivity index (χ3n) is 4.13. The molecule has 1 aromatic heterocycles. The Labute approximate surface area is 162 Å². The van der Waals surface area contributed by atoms with Gasteiger partial charge in [0.1, 0.15) is 11.9 Å². The Kier molecular flexibility index (Phi) is 6.58. The summed E-state index contributed by atoms with van der Waals surface area (Å²) in [5.74, 6) is 0.779. The van der Waals surface area contributed by atoms with E-state index in [1.165, 1.54) is 12.8 Å². The van der Waals surface area contributed by atoms with Crippen molar-refractivity contribution in [2.24, 2.45) is 0 Å². The van der Waals surface area contributed by atoms with E-state index in [-0.39, 0.29) is 18.6 Å². The molecule has 1 aromatic carbocycles. The molecule has 138 valence electrons. The first-order valence-corrected chi connectivity index (χ1v) is 9.32. The topological polar surface area (TPSA) is 60.5 Å². The number of rotatable bonds is 7. The maximum Gasteiger partial charge on any atom is 0.258 e. The molecule has 7 heteroatoms. The SMILES string of the molecule is O=C(COc1ccc(Cl)cc1Cl)NCc1ccnc(OC2CCCC2)c1. The van der Waals surface area contributed by atoms with E-state index < -0.39 is 0 Å². The van der Waals surface area contributed by atoms with E-state index in [4.69, 9.17) is 32.7 Å². The number of nitrogens with one attached hydrogen (secondary N) is 1. The van der Waals surface area contributed by atoms with Gasteiger partial charge in [0, 0.05) is 23.8 Å². The number of halogens is 2. The second-order valence-electron chi connectivity index (χ2n) is 6.17. The van der Waals surface area contributed by atoms with Crippen LogP contribution in [0.3, 0.4) is 0 Å². The predicted octanol–water partition coefficient (Wildman–Crippen LogP) is 4.41. The number of nitrogens with zero attached hydrogens (tertiary/aromatic N) is 1. The minimum absolute atomic E-state index is 0.127. The van der Waals surface area contributed by atoms with Gasteiger partial charge in [-0.15, -0.1) is 0 Å². The standard InChI is InChI=1S/C19H20Cl2N2O3/c20-14-5-6-17(16(21)10-14)25-12-18(24)23-11-13-7-8-22-19(9-13)26-15-3-1-2-4-15/h5-10,15H,1-4,11-12H2,(H,23,24). The summed E-state index contributed by atoms with van der Waals surface area (Å²) in [6, 6.07) is 8.56. The molecule has 0 radical (unpaired) electrons. The second kappa shape index (κ2) is 9.10. The number of hydrogen-bond acceptors (Lipinski definition) is 4. The molecule has 1 saturated carbocycles. The van der Waals surface area contributed by atoms with Crippen molar-refractivity contribution in [2.75, 3.05) is 6.61 Å². The highest BCUT2D eigenvalue weighted by molar-refractivity contribution is 6.35. The van der Waals surface area contributed by atoms with E-state index in [0.717, 1.165) is 18.4 Å². The number of carbonyl (C=O) groups excluding carboxylic acids is 1. The van der Waals surface area contributed by atoms with Gasteiger partial charge < -0.3 is 14.8 Å². The molecule has 1 heterocycles. The number of ether oxygens (including phenoxy) is 2. The molecule has 1 N–H and O–H groups in total. The quantitative estimate of drug-likeness (QED) is 0.755. The third kappa shape index (κ3) is 5.51. The van der Waals surface area contributed by atoms with E-state index >= 15 is 0 Å². The van der Waals surface area contributed by atoms with E-state index in [0.29, 0.717) is 28.2 Å². The Morgan fingerprint density at radius 1 is 1.19 bits per heavy atom. The first kappa shape index (κ1) is 18.8. The maximum absolute atomic E-state index is 12.0. The lowest BCUT2D eigenvalue weighted by atomic mass is 10.2. The van der Waals surface area contributed by atoms with E-state index in [2.05, 4.69) is 10.3 Å². The summed E-state index contributed by atoms with van der Waals surface area (Å²) in [6.45, 7) is 0.248. The number of pyridine rings is 1. The van der Waals surface area contributed by atoms with Crippen LogP contribution in [0.4, 0.5) is 0 Å². The summed E-state index contributed by atoms with van der Waals surface area (Å²) >= 11 is 11.8. The summed E-state index contributed by atoms with van der Waals surface area (Å²) in [4.78, 5) is 16.2. The summed E-state index contributed by atoms with van der Waals surface area (Å²) in [7, 11) is 0. The van der Waals surface area contributed by atoms with Crippen LogP contribution >= 0.6 is 23.2 Å². The minimum atomic E-state index is -0.244. The number of hydrogen-bond donors (Lipinski definition) is 1. The molecule has 0 saturated heterocycles. The Morgan fingerprint density at radius 3 is 2.77 bits per heavy atom. The zero-order valence-electron chi connectivity index (χ0n) is 14.2. The molecule has 0 bridgehead atoms. The van der Waals surface area contributed by atoms with Gasteiger partial charge in [-0.3, -0.25) is 4.79 Å². The zero-order valence-corrected chi connectivity index (χ0v) is 15.7. The van der Waals surface area contributed by atoms with Crippen LogP contribution in [0.5, 0.6) is 11.6 Å². The molecule has 1 fully saturated rings. The molecule has 0 unspecified atom stereocenters. The van der Waals surface area contributed by atoms with Gasteiger partial charge in [-0.1, -0.05) is 23.2 Å². The van der Waals surface area contributed by atoms with Gasteiger partial charge in [-0.2, -0.15) is 0 Å². The van der Waals surface area contributed by atoms with E-state index in [9.17, 15) is 4.79 Å². The first-order valence-electron chi connectivity index (χ1n) is 8.56. The molecular weight excluding hydrogens is 375 g/mol. The summed E-state index contributed by atoms with van der Waals surface area (Å²) in [5.41, 5.74) is 0.922. The number of aromatic nitrogens is 1. The van der Waals surface area contributed by atoms with Crippen LogP contribution in [-0.2, 0) is 11.3 Å². The second-order valence-corrected chi connectivity index (χ2v) is 7.01. The monoisotopic (exact) mass is 394 g/mol. The number of carbonyl (C=O) groups is 1. The Hall–Kier alpha value is -1.98. The van der Waals surface area contributed by atoms with Crippen molar-refractivity contribution in [1.29, 1.82) is 0 Å². The van der Waals surface area contributed by atoms with Crippen molar-refractivity contribution in [2.45, 2.75) is 38.3 Å². The van der Waals surface area contributed by atoms with E-state index in [1.54, 1.807) is 24.4 Å². The van der Waals surface area contributed by atoms with Crippen LogP contribution in [0.2, 0.25) is 10.0 Å². The fourth-order valence-electron chi connectivity index (χ4n) is 2.79. The van der Waals surface area contributed by atoms with Gasteiger partial charge in [0.05, 0.1) is 5.02 Å². The zero-order chi connectivity index (χ0) is 18.4. The van der Waals surface area contributed by atoms with Crippen LogP contribution in [0.1, 0.15) is 31.2 Å². The van der Waals surface area contributed by atoms with Crippen molar-refractivity contribution >= 4 is 29.1 Å². The van der Waals surface area contributed by atoms with Gasteiger partial charge in [0.15, 0.2) is 6.61 Å². The first-order chi connectivity index (χ1) is 12.6. The van der Waals surface area contributed by atoms with E-state index in [1.807, 2.05) is 12.1 Å². The smallest absolute Gasteiger partial charge is 0.258 e. The highest BCUT2D eigenvalue weighted by atomic mass is 35.5. The molecule has 26 heavy (non-hydrogen) atoms. The fraction of sp³-hybridized carbons (Fsp3) is 0.368. The highest BCUT2D eigenvalue weighted by Gasteiger charge is 2.17. The molecule has 2 aromatic rings. The summed E-state index contributed by atoms with van der Waals surface area (Å²) in [6.07, 6.45) is 6.51. The normalized spacial score (nSPS) is 14.2. The van der Waals surface area contributed by atoms with Gasteiger partial charge in [-0.05, 0) is 55.5 Å². The largest absolute Gasteiger partial charge is 0.482 e. The third-order valence-corrected chi connectivity index (χ3v) is 4.66. The van der Waals surface area contributed by atoms with Crippen LogP contribution in [0, 0.1) is 0 Å². The van der Waals surface area contributed by atoms with Crippen LogP contribution in [0.25, 0.3) is 0 Å². The Bertz CT molecular complexity index is 764. The molecule has 0 aliphatic heterocycles. The molecular formula is C19H20Cl2N2O3. The number of benzene rings is 1. The van der Waals surface area contributed by atoms with Gasteiger partial charge in [0.25, 0.3) is 5.91 Å². The van der Waals surface area contributed by atoms with Gasteiger partial charge in [-0.25, -0.2) is 4.98 Å². The van der Waals surface area contributed by atoms with Crippen molar-refractivity contribution in [3.8, 4) is 11.6 Å².